The SMILES string of the molecule is CCOC(=O)[C@@H]1CCCN(c2nc(N3CCOCC3)c3cnn(C)c3n2)C1. The van der Waals surface area contributed by atoms with E-state index in [1.165, 1.54) is 0 Å². The van der Waals surface area contributed by atoms with E-state index in [4.69, 9.17) is 19.4 Å². The van der Waals surface area contributed by atoms with Crippen LogP contribution in [-0.2, 0) is 21.3 Å². The molecule has 146 valence electrons. The number of nitrogens with zero attached hydrogens (tertiary/aromatic N) is 6. The number of carbonyl (C=O) groups is 1. The summed E-state index contributed by atoms with van der Waals surface area (Å²) in [4.78, 5) is 26.2. The number of aryl methyl sites for hydroxylation is 1. The molecule has 2 aliphatic heterocycles. The second-order valence-electron chi connectivity index (χ2n) is 6.99. The molecule has 1 atom stereocenters. The molecular weight excluding hydrogens is 348 g/mol. The summed E-state index contributed by atoms with van der Waals surface area (Å²) in [7, 11) is 1.89. The Kier molecular flexibility index (Phi) is 5.11. The Hall–Kier alpha value is -2.42. The Labute approximate surface area is 158 Å². The van der Waals surface area contributed by atoms with Gasteiger partial charge in [-0.25, -0.2) is 0 Å². The van der Waals surface area contributed by atoms with Crippen molar-refractivity contribution >= 4 is 28.8 Å². The molecule has 0 saturated carbocycles. The highest BCUT2D eigenvalue weighted by molar-refractivity contribution is 5.88. The third-order valence-corrected chi connectivity index (χ3v) is 5.19. The first-order valence-electron chi connectivity index (χ1n) is 9.61. The van der Waals surface area contributed by atoms with Gasteiger partial charge in [-0.1, -0.05) is 0 Å². The molecule has 2 saturated heterocycles. The topological polar surface area (TPSA) is 85.6 Å². The lowest BCUT2D eigenvalue weighted by Crippen LogP contribution is -2.41. The van der Waals surface area contributed by atoms with Crippen molar-refractivity contribution in [1.29, 1.82) is 0 Å². The molecule has 2 fully saturated rings. The van der Waals surface area contributed by atoms with Gasteiger partial charge in [-0.2, -0.15) is 15.1 Å². The van der Waals surface area contributed by atoms with Gasteiger partial charge in [0.15, 0.2) is 5.65 Å². The number of esters is 1. The van der Waals surface area contributed by atoms with Crippen molar-refractivity contribution in [2.45, 2.75) is 19.8 Å². The van der Waals surface area contributed by atoms with Crippen molar-refractivity contribution in [3.63, 3.8) is 0 Å². The van der Waals surface area contributed by atoms with E-state index in [1.807, 2.05) is 20.2 Å². The maximum atomic E-state index is 12.2. The van der Waals surface area contributed by atoms with Crippen LogP contribution in [-0.4, -0.2) is 71.7 Å². The van der Waals surface area contributed by atoms with Gasteiger partial charge in [0.1, 0.15) is 5.82 Å². The highest BCUT2D eigenvalue weighted by Crippen LogP contribution is 2.29. The van der Waals surface area contributed by atoms with Crippen LogP contribution in [0.1, 0.15) is 19.8 Å². The Bertz CT molecular complexity index is 817. The lowest BCUT2D eigenvalue weighted by molar-refractivity contribution is -0.148. The molecule has 4 heterocycles. The van der Waals surface area contributed by atoms with E-state index in [0.717, 1.165) is 49.3 Å². The van der Waals surface area contributed by atoms with E-state index < -0.39 is 0 Å². The first-order chi connectivity index (χ1) is 13.2. The third-order valence-electron chi connectivity index (χ3n) is 5.19. The predicted molar refractivity (Wildman–Crippen MR) is 101 cm³/mol. The number of hydrogen-bond donors (Lipinski definition) is 0. The summed E-state index contributed by atoms with van der Waals surface area (Å²) in [5, 5.41) is 5.32. The minimum absolute atomic E-state index is 0.128. The van der Waals surface area contributed by atoms with Gasteiger partial charge < -0.3 is 19.3 Å². The molecule has 4 rings (SSSR count). The summed E-state index contributed by atoms with van der Waals surface area (Å²) in [6.45, 7) is 6.65. The van der Waals surface area contributed by atoms with Crippen molar-refractivity contribution in [2.75, 3.05) is 55.8 Å². The van der Waals surface area contributed by atoms with E-state index in [9.17, 15) is 4.79 Å². The van der Waals surface area contributed by atoms with Crippen molar-refractivity contribution in [3.8, 4) is 0 Å². The second kappa shape index (κ2) is 7.67. The summed E-state index contributed by atoms with van der Waals surface area (Å²) < 4.78 is 12.5. The lowest BCUT2D eigenvalue weighted by Gasteiger charge is -2.33. The number of morpholine rings is 1. The molecule has 9 heteroatoms. The number of hydrogen-bond acceptors (Lipinski definition) is 8. The third kappa shape index (κ3) is 3.55. The Morgan fingerprint density at radius 3 is 2.85 bits per heavy atom. The van der Waals surface area contributed by atoms with Crippen LogP contribution in [0.4, 0.5) is 11.8 Å². The largest absolute Gasteiger partial charge is 0.466 e. The summed E-state index contributed by atoms with van der Waals surface area (Å²) >= 11 is 0. The van der Waals surface area contributed by atoms with Crippen LogP contribution < -0.4 is 9.80 Å². The van der Waals surface area contributed by atoms with Crippen LogP contribution in [0.5, 0.6) is 0 Å². The highest BCUT2D eigenvalue weighted by Gasteiger charge is 2.29. The summed E-state index contributed by atoms with van der Waals surface area (Å²) in [5.41, 5.74) is 0.805. The number of piperidine rings is 1. The molecule has 9 nitrogen and oxygen atoms in total. The Balaban J connectivity index is 1.66. The van der Waals surface area contributed by atoms with Gasteiger partial charge in [0.25, 0.3) is 0 Å². The van der Waals surface area contributed by atoms with E-state index in [1.54, 1.807) is 4.68 Å². The quantitative estimate of drug-likeness (QED) is 0.732. The Morgan fingerprint density at radius 2 is 2.07 bits per heavy atom. The fraction of sp³-hybridized carbons (Fsp3) is 0.667. The van der Waals surface area contributed by atoms with Crippen molar-refractivity contribution < 1.29 is 14.3 Å². The number of ether oxygens (including phenoxy) is 2. The number of fused-ring (bicyclic) bond motifs is 1. The molecular formula is C18H26N6O3. The monoisotopic (exact) mass is 374 g/mol. The maximum Gasteiger partial charge on any atom is 0.310 e. The smallest absolute Gasteiger partial charge is 0.310 e. The van der Waals surface area contributed by atoms with Gasteiger partial charge in [0.2, 0.25) is 5.95 Å². The fourth-order valence-electron chi connectivity index (χ4n) is 3.76. The van der Waals surface area contributed by atoms with Crippen LogP contribution in [0.3, 0.4) is 0 Å². The minimum Gasteiger partial charge on any atom is -0.466 e. The lowest BCUT2D eigenvalue weighted by atomic mass is 9.98. The molecule has 2 aromatic heterocycles. The van der Waals surface area contributed by atoms with Crippen LogP contribution in [0.15, 0.2) is 6.20 Å². The molecule has 0 amide bonds. The molecule has 0 aromatic carbocycles. The van der Waals surface area contributed by atoms with Gasteiger partial charge in [-0.3, -0.25) is 9.48 Å². The average molecular weight is 374 g/mol. The fourth-order valence-corrected chi connectivity index (χ4v) is 3.76. The first-order valence-corrected chi connectivity index (χ1v) is 9.61. The van der Waals surface area contributed by atoms with Gasteiger partial charge in [0, 0.05) is 33.2 Å². The second-order valence-corrected chi connectivity index (χ2v) is 6.99. The molecule has 2 aromatic rings. The number of aromatic nitrogens is 4. The summed E-state index contributed by atoms with van der Waals surface area (Å²) in [6.07, 6.45) is 3.59. The van der Waals surface area contributed by atoms with Crippen molar-refractivity contribution in [3.05, 3.63) is 6.20 Å². The molecule has 2 aliphatic rings. The zero-order valence-electron chi connectivity index (χ0n) is 15.9. The molecule has 0 radical (unpaired) electrons. The van der Waals surface area contributed by atoms with Crippen LogP contribution in [0.25, 0.3) is 11.0 Å². The zero-order chi connectivity index (χ0) is 18.8. The van der Waals surface area contributed by atoms with Crippen LogP contribution in [0, 0.1) is 5.92 Å². The highest BCUT2D eigenvalue weighted by atomic mass is 16.5. The molecule has 0 bridgehead atoms. The Morgan fingerprint density at radius 1 is 1.26 bits per heavy atom. The van der Waals surface area contributed by atoms with Crippen LogP contribution >= 0.6 is 0 Å². The van der Waals surface area contributed by atoms with Crippen molar-refractivity contribution in [2.24, 2.45) is 13.0 Å². The minimum atomic E-state index is -0.128. The average Bonchev–Trinajstić information content (AvgIpc) is 3.09. The van der Waals surface area contributed by atoms with Gasteiger partial charge in [-0.15, -0.1) is 0 Å². The standard InChI is InChI=1S/C18H26N6O3/c1-3-27-17(25)13-5-4-6-24(12-13)18-20-15-14(11-19-22(15)2)16(21-18)23-7-9-26-10-8-23/h11,13H,3-10,12H2,1-2H3/t13-/m1/s1. The molecule has 27 heavy (non-hydrogen) atoms. The van der Waals surface area contributed by atoms with E-state index in [0.29, 0.717) is 32.3 Å². The first kappa shape index (κ1) is 18.0. The molecule has 0 aliphatic carbocycles. The van der Waals surface area contributed by atoms with Gasteiger partial charge >= 0.3 is 5.97 Å². The van der Waals surface area contributed by atoms with Crippen LogP contribution in [0.2, 0.25) is 0 Å². The number of anilines is 2. The van der Waals surface area contributed by atoms with Gasteiger partial charge in [0.05, 0.1) is 37.3 Å². The normalized spacial score (nSPS) is 20.9. The molecule has 0 spiro atoms. The molecule has 0 N–H and O–H groups in total. The summed E-state index contributed by atoms with van der Waals surface area (Å²) in [6, 6.07) is 0. The molecule has 0 unspecified atom stereocenters. The maximum absolute atomic E-state index is 12.2. The van der Waals surface area contributed by atoms with Gasteiger partial charge in [-0.05, 0) is 19.8 Å². The zero-order valence-corrected chi connectivity index (χ0v) is 15.9. The number of rotatable bonds is 4. The predicted octanol–water partition coefficient (Wildman–Crippen LogP) is 0.979. The summed E-state index contributed by atoms with van der Waals surface area (Å²) in [5.74, 6) is 1.29. The van der Waals surface area contributed by atoms with Crippen molar-refractivity contribution in [1.82, 2.24) is 19.7 Å². The van der Waals surface area contributed by atoms with E-state index >= 15 is 0 Å². The van der Waals surface area contributed by atoms with E-state index in [-0.39, 0.29) is 11.9 Å². The van der Waals surface area contributed by atoms with E-state index in [2.05, 4.69) is 14.9 Å². The number of carbonyl (C=O) groups excluding carboxylic acids is 1.